The Bertz CT molecular complexity index is 599. The summed E-state index contributed by atoms with van der Waals surface area (Å²) in [5, 5.41) is 12.7. The standard InChI is InChI=1S/C13H21N7O/c14-13-18-11(10-12(19-13)17-8-16-10)15-4-6-20-5-2-1-3-9(20)7-21/h8-9,21H,1-7H2,(H4,14,15,16,17,18,19). The van der Waals surface area contributed by atoms with E-state index in [4.69, 9.17) is 5.73 Å². The number of likely N-dealkylation sites (tertiary alicyclic amines) is 1. The summed E-state index contributed by atoms with van der Waals surface area (Å²) in [6, 6.07) is 0.281. The highest BCUT2D eigenvalue weighted by atomic mass is 16.3. The van der Waals surface area contributed by atoms with Crippen LogP contribution < -0.4 is 11.1 Å². The third kappa shape index (κ3) is 3.06. The van der Waals surface area contributed by atoms with Crippen molar-refractivity contribution in [2.45, 2.75) is 25.3 Å². The number of fused-ring (bicyclic) bond motifs is 1. The molecular weight excluding hydrogens is 270 g/mol. The van der Waals surface area contributed by atoms with Gasteiger partial charge >= 0.3 is 0 Å². The molecule has 3 rings (SSSR count). The number of hydrogen-bond donors (Lipinski definition) is 4. The predicted octanol–water partition coefficient (Wildman–Crippen LogP) is 0.194. The lowest BCUT2D eigenvalue weighted by atomic mass is 10.0. The smallest absolute Gasteiger partial charge is 0.224 e. The first-order chi connectivity index (χ1) is 10.3. The molecule has 0 spiro atoms. The third-order valence-corrected chi connectivity index (χ3v) is 3.95. The van der Waals surface area contributed by atoms with Gasteiger partial charge in [0, 0.05) is 19.1 Å². The van der Waals surface area contributed by atoms with Crippen molar-refractivity contribution in [3.8, 4) is 0 Å². The molecule has 21 heavy (non-hydrogen) atoms. The molecule has 0 aromatic carbocycles. The van der Waals surface area contributed by atoms with Gasteiger partial charge in [0.1, 0.15) is 5.52 Å². The number of nitrogen functional groups attached to an aromatic ring is 1. The van der Waals surface area contributed by atoms with Crippen LogP contribution in [0.25, 0.3) is 11.2 Å². The minimum atomic E-state index is 0.211. The van der Waals surface area contributed by atoms with Gasteiger partial charge in [-0.25, -0.2) is 4.98 Å². The average molecular weight is 291 g/mol. The van der Waals surface area contributed by atoms with Crippen LogP contribution in [0.1, 0.15) is 19.3 Å². The van der Waals surface area contributed by atoms with Crippen molar-refractivity contribution in [3.05, 3.63) is 6.33 Å². The fourth-order valence-corrected chi connectivity index (χ4v) is 2.86. The van der Waals surface area contributed by atoms with Gasteiger partial charge in [-0.15, -0.1) is 0 Å². The number of piperidine rings is 1. The molecule has 8 heteroatoms. The Labute approximate surface area is 122 Å². The van der Waals surface area contributed by atoms with Crippen molar-refractivity contribution in [3.63, 3.8) is 0 Å². The van der Waals surface area contributed by atoms with Crippen LogP contribution >= 0.6 is 0 Å². The van der Waals surface area contributed by atoms with E-state index in [0.717, 1.165) is 31.6 Å². The van der Waals surface area contributed by atoms with E-state index < -0.39 is 0 Å². The molecule has 2 aromatic heterocycles. The highest BCUT2D eigenvalue weighted by molar-refractivity contribution is 5.83. The molecular formula is C13H21N7O. The zero-order valence-electron chi connectivity index (χ0n) is 11.9. The largest absolute Gasteiger partial charge is 0.395 e. The Kier molecular flexibility index (Phi) is 4.16. The van der Waals surface area contributed by atoms with Gasteiger partial charge in [-0.1, -0.05) is 6.42 Å². The van der Waals surface area contributed by atoms with Gasteiger partial charge in [0.15, 0.2) is 11.5 Å². The van der Waals surface area contributed by atoms with Crippen molar-refractivity contribution in [2.75, 3.05) is 37.3 Å². The van der Waals surface area contributed by atoms with Gasteiger partial charge in [-0.3, -0.25) is 4.90 Å². The molecule has 5 N–H and O–H groups in total. The first-order valence-corrected chi connectivity index (χ1v) is 7.33. The van der Waals surface area contributed by atoms with Crippen LogP contribution in [0.5, 0.6) is 0 Å². The zero-order valence-corrected chi connectivity index (χ0v) is 11.9. The van der Waals surface area contributed by atoms with Crippen LogP contribution in [0.4, 0.5) is 11.8 Å². The maximum atomic E-state index is 9.42. The summed E-state index contributed by atoms with van der Waals surface area (Å²) in [6.45, 7) is 2.87. The van der Waals surface area contributed by atoms with E-state index in [-0.39, 0.29) is 18.6 Å². The second-order valence-corrected chi connectivity index (χ2v) is 5.33. The molecule has 0 amide bonds. The highest BCUT2D eigenvalue weighted by Gasteiger charge is 2.21. The second kappa shape index (κ2) is 6.23. The summed E-state index contributed by atoms with van der Waals surface area (Å²) >= 11 is 0. The van der Waals surface area contributed by atoms with Gasteiger partial charge in [0.05, 0.1) is 12.9 Å². The minimum absolute atomic E-state index is 0.211. The van der Waals surface area contributed by atoms with E-state index in [1.54, 1.807) is 6.33 Å². The Balaban J connectivity index is 1.62. The Hall–Kier alpha value is -1.93. The number of rotatable bonds is 5. The van der Waals surface area contributed by atoms with E-state index in [1.807, 2.05) is 0 Å². The molecule has 1 fully saturated rings. The molecule has 8 nitrogen and oxygen atoms in total. The number of aromatic nitrogens is 4. The van der Waals surface area contributed by atoms with Crippen LogP contribution in [0.3, 0.4) is 0 Å². The van der Waals surface area contributed by atoms with Gasteiger partial charge in [-0.05, 0) is 19.4 Å². The lowest BCUT2D eigenvalue weighted by Gasteiger charge is -2.34. The molecule has 0 saturated carbocycles. The third-order valence-electron chi connectivity index (χ3n) is 3.95. The number of aromatic amines is 1. The molecule has 1 aliphatic heterocycles. The molecule has 0 radical (unpaired) electrons. The summed E-state index contributed by atoms with van der Waals surface area (Å²) in [5.41, 5.74) is 7.01. The van der Waals surface area contributed by atoms with Crippen LogP contribution in [-0.2, 0) is 0 Å². The number of nitrogens with zero attached hydrogens (tertiary/aromatic N) is 4. The van der Waals surface area contributed by atoms with Crippen LogP contribution in [0, 0.1) is 0 Å². The summed E-state index contributed by atoms with van der Waals surface area (Å²) in [5.74, 6) is 0.885. The first kappa shape index (κ1) is 14.0. The van der Waals surface area contributed by atoms with E-state index >= 15 is 0 Å². The van der Waals surface area contributed by atoms with Crippen LogP contribution in [0.2, 0.25) is 0 Å². The van der Waals surface area contributed by atoms with Gasteiger partial charge in [-0.2, -0.15) is 9.97 Å². The number of aliphatic hydroxyl groups is 1. The number of aliphatic hydroxyl groups excluding tert-OH is 1. The Morgan fingerprint density at radius 2 is 2.33 bits per heavy atom. The number of imidazole rings is 1. The second-order valence-electron chi connectivity index (χ2n) is 5.33. The normalized spacial score (nSPS) is 20.0. The summed E-state index contributed by atoms with van der Waals surface area (Å²) < 4.78 is 0. The maximum Gasteiger partial charge on any atom is 0.224 e. The van der Waals surface area contributed by atoms with Gasteiger partial charge in [0.2, 0.25) is 5.95 Å². The zero-order chi connectivity index (χ0) is 14.7. The van der Waals surface area contributed by atoms with E-state index in [9.17, 15) is 5.11 Å². The molecule has 1 aliphatic rings. The quantitative estimate of drug-likeness (QED) is 0.621. The molecule has 114 valence electrons. The Morgan fingerprint density at radius 3 is 3.19 bits per heavy atom. The van der Waals surface area contributed by atoms with Crippen molar-refractivity contribution in [2.24, 2.45) is 0 Å². The number of nitrogens with two attached hydrogens (primary N) is 1. The maximum absolute atomic E-state index is 9.42. The topological polar surface area (TPSA) is 116 Å². The average Bonchev–Trinajstić information content (AvgIpc) is 2.96. The predicted molar refractivity (Wildman–Crippen MR) is 80.9 cm³/mol. The number of nitrogens with one attached hydrogen (secondary N) is 2. The van der Waals surface area contributed by atoms with Crippen molar-refractivity contribution in [1.82, 2.24) is 24.8 Å². The SMILES string of the molecule is Nc1nc(NCCN2CCCCC2CO)c2[nH]cnc2n1. The van der Waals surface area contributed by atoms with E-state index in [0.29, 0.717) is 11.5 Å². The lowest BCUT2D eigenvalue weighted by Crippen LogP contribution is -2.44. The van der Waals surface area contributed by atoms with Crippen LogP contribution in [0.15, 0.2) is 6.33 Å². The van der Waals surface area contributed by atoms with Crippen molar-refractivity contribution in [1.29, 1.82) is 0 Å². The molecule has 1 unspecified atom stereocenters. The minimum Gasteiger partial charge on any atom is -0.395 e. The van der Waals surface area contributed by atoms with Crippen LogP contribution in [-0.4, -0.2) is 62.2 Å². The molecule has 0 aliphatic carbocycles. The summed E-state index contributed by atoms with van der Waals surface area (Å²) in [4.78, 5) is 17.7. The molecule has 3 heterocycles. The fourth-order valence-electron chi connectivity index (χ4n) is 2.86. The highest BCUT2D eigenvalue weighted by Crippen LogP contribution is 2.18. The summed E-state index contributed by atoms with van der Waals surface area (Å²) in [7, 11) is 0. The number of anilines is 2. The Morgan fingerprint density at radius 1 is 1.43 bits per heavy atom. The molecule has 0 bridgehead atoms. The van der Waals surface area contributed by atoms with Crippen molar-refractivity contribution < 1.29 is 5.11 Å². The van der Waals surface area contributed by atoms with Crippen molar-refractivity contribution >= 4 is 22.9 Å². The lowest BCUT2D eigenvalue weighted by molar-refractivity contribution is 0.0940. The van der Waals surface area contributed by atoms with E-state index in [2.05, 4.69) is 30.2 Å². The van der Waals surface area contributed by atoms with Gasteiger partial charge < -0.3 is 21.1 Å². The summed E-state index contributed by atoms with van der Waals surface area (Å²) in [6.07, 6.45) is 5.05. The number of hydrogen-bond acceptors (Lipinski definition) is 7. The number of H-pyrrole nitrogens is 1. The molecule has 1 atom stereocenters. The fraction of sp³-hybridized carbons (Fsp3) is 0.615. The first-order valence-electron chi connectivity index (χ1n) is 7.33. The molecule has 1 saturated heterocycles. The molecule has 2 aromatic rings. The monoisotopic (exact) mass is 291 g/mol. The van der Waals surface area contributed by atoms with Gasteiger partial charge in [0.25, 0.3) is 0 Å². The van der Waals surface area contributed by atoms with E-state index in [1.165, 1.54) is 12.8 Å².